The number of rotatable bonds is 8. The molecule has 0 unspecified atom stereocenters. The smallest absolute Gasteiger partial charge is 0.336 e. The predicted octanol–water partition coefficient (Wildman–Crippen LogP) is 3.85. The molecular weight excluding hydrogens is 326 g/mol. The van der Waals surface area contributed by atoms with Crippen LogP contribution >= 0.6 is 0 Å². The largest absolute Gasteiger partial charge is 0.338 e. The van der Waals surface area contributed by atoms with Crippen molar-refractivity contribution < 1.29 is 9.63 Å². The maximum atomic E-state index is 11.8. The number of carbonyl (C=O) groups excluding carboxylic acids is 1. The molecule has 5 heteroatoms. The molecule has 0 saturated heterocycles. The van der Waals surface area contributed by atoms with Gasteiger partial charge in [-0.05, 0) is 98.7 Å². The summed E-state index contributed by atoms with van der Waals surface area (Å²) in [6.07, 6.45) is 15.1. The van der Waals surface area contributed by atoms with Crippen molar-refractivity contribution in [3.05, 3.63) is 30.1 Å². The van der Waals surface area contributed by atoms with Gasteiger partial charge in [0.25, 0.3) is 0 Å². The standard InChI is InChI=1S/C21H31N3O2/c25-20(23-6-1-2-16-3-7-22-8-4-16)24-26-9-5-21-13-17-10-18(14-21)12-19(11-17)15-21/h3-4,7-8,17-19H,1-2,5-6,9-15H2,(H2,23,24,25). The Bertz CT molecular complexity index is 569. The van der Waals surface area contributed by atoms with E-state index in [4.69, 9.17) is 4.84 Å². The number of aryl methyl sites for hydroxylation is 1. The van der Waals surface area contributed by atoms with Gasteiger partial charge in [0.05, 0.1) is 6.61 Å². The Balaban J connectivity index is 1.09. The quantitative estimate of drug-likeness (QED) is 0.549. The van der Waals surface area contributed by atoms with Gasteiger partial charge in [-0.15, -0.1) is 0 Å². The van der Waals surface area contributed by atoms with Gasteiger partial charge in [0.15, 0.2) is 0 Å². The second kappa shape index (κ2) is 7.95. The summed E-state index contributed by atoms with van der Waals surface area (Å²) in [4.78, 5) is 21.3. The first-order valence-electron chi connectivity index (χ1n) is 10.3. The Hall–Kier alpha value is -1.62. The molecule has 26 heavy (non-hydrogen) atoms. The van der Waals surface area contributed by atoms with Crippen molar-refractivity contribution >= 4 is 6.03 Å². The van der Waals surface area contributed by atoms with Crippen LogP contribution in [0.4, 0.5) is 4.79 Å². The molecule has 5 rings (SSSR count). The Kier molecular flexibility index (Phi) is 5.44. The molecule has 4 aliphatic rings. The van der Waals surface area contributed by atoms with Crippen LogP contribution in [0.1, 0.15) is 56.9 Å². The molecule has 1 aromatic heterocycles. The van der Waals surface area contributed by atoms with Crippen LogP contribution in [0.3, 0.4) is 0 Å². The lowest BCUT2D eigenvalue weighted by Crippen LogP contribution is -2.46. The highest BCUT2D eigenvalue weighted by Gasteiger charge is 2.50. The van der Waals surface area contributed by atoms with E-state index in [2.05, 4.69) is 15.8 Å². The normalized spacial score (nSPS) is 31.8. The molecule has 0 aliphatic heterocycles. The molecule has 4 saturated carbocycles. The highest BCUT2D eigenvalue weighted by molar-refractivity contribution is 5.72. The van der Waals surface area contributed by atoms with Crippen LogP contribution in [0.25, 0.3) is 0 Å². The second-order valence-corrected chi connectivity index (χ2v) is 8.83. The molecule has 4 aliphatic carbocycles. The minimum atomic E-state index is -0.231. The fourth-order valence-electron chi connectivity index (χ4n) is 6.06. The number of aromatic nitrogens is 1. The average molecular weight is 357 g/mol. The van der Waals surface area contributed by atoms with E-state index >= 15 is 0 Å². The summed E-state index contributed by atoms with van der Waals surface area (Å²) in [5.74, 6) is 2.91. The van der Waals surface area contributed by atoms with Gasteiger partial charge < -0.3 is 5.32 Å². The van der Waals surface area contributed by atoms with E-state index < -0.39 is 0 Å². The van der Waals surface area contributed by atoms with Gasteiger partial charge in [0, 0.05) is 18.9 Å². The number of nitrogens with zero attached hydrogens (tertiary/aromatic N) is 1. The molecule has 4 bridgehead atoms. The fourth-order valence-corrected chi connectivity index (χ4v) is 6.06. The van der Waals surface area contributed by atoms with Crippen molar-refractivity contribution in [2.75, 3.05) is 13.2 Å². The van der Waals surface area contributed by atoms with Crippen LogP contribution in [0.15, 0.2) is 24.5 Å². The van der Waals surface area contributed by atoms with E-state index in [0.717, 1.165) is 37.0 Å². The van der Waals surface area contributed by atoms with E-state index in [1.165, 1.54) is 44.1 Å². The maximum Gasteiger partial charge on any atom is 0.338 e. The molecule has 5 nitrogen and oxygen atoms in total. The maximum absolute atomic E-state index is 11.8. The van der Waals surface area contributed by atoms with E-state index in [1.807, 2.05) is 12.1 Å². The topological polar surface area (TPSA) is 63.2 Å². The van der Waals surface area contributed by atoms with Crippen LogP contribution in [0.5, 0.6) is 0 Å². The van der Waals surface area contributed by atoms with E-state index in [-0.39, 0.29) is 6.03 Å². The molecule has 0 aromatic carbocycles. The molecule has 4 fully saturated rings. The van der Waals surface area contributed by atoms with Crippen molar-refractivity contribution in [1.82, 2.24) is 15.8 Å². The second-order valence-electron chi connectivity index (χ2n) is 8.83. The Labute approximate surface area is 156 Å². The molecule has 1 heterocycles. The van der Waals surface area contributed by atoms with E-state index in [0.29, 0.717) is 18.6 Å². The van der Waals surface area contributed by atoms with Crippen LogP contribution in [0, 0.1) is 23.2 Å². The molecule has 0 spiro atoms. The highest BCUT2D eigenvalue weighted by atomic mass is 16.7. The zero-order valence-electron chi connectivity index (χ0n) is 15.6. The molecule has 0 radical (unpaired) electrons. The van der Waals surface area contributed by atoms with Crippen LogP contribution in [-0.4, -0.2) is 24.2 Å². The van der Waals surface area contributed by atoms with Crippen molar-refractivity contribution in [3.63, 3.8) is 0 Å². The van der Waals surface area contributed by atoms with Gasteiger partial charge >= 0.3 is 6.03 Å². The van der Waals surface area contributed by atoms with Crippen molar-refractivity contribution in [1.29, 1.82) is 0 Å². The Morgan fingerprint density at radius 2 is 1.77 bits per heavy atom. The minimum Gasteiger partial charge on any atom is -0.336 e. The summed E-state index contributed by atoms with van der Waals surface area (Å²) in [6, 6.07) is 3.78. The third-order valence-corrected chi connectivity index (χ3v) is 6.74. The van der Waals surface area contributed by atoms with Gasteiger partial charge in [-0.25, -0.2) is 10.3 Å². The summed E-state index contributed by atoms with van der Waals surface area (Å²) in [6.45, 7) is 1.28. The summed E-state index contributed by atoms with van der Waals surface area (Å²) in [7, 11) is 0. The summed E-state index contributed by atoms with van der Waals surface area (Å²) in [5.41, 5.74) is 4.31. The van der Waals surface area contributed by atoms with Crippen molar-refractivity contribution in [2.24, 2.45) is 23.2 Å². The molecule has 2 amide bonds. The number of hydroxylamine groups is 1. The first-order chi connectivity index (χ1) is 12.7. The molecule has 0 atom stereocenters. The van der Waals surface area contributed by atoms with Gasteiger partial charge in [-0.3, -0.25) is 9.82 Å². The lowest BCUT2D eigenvalue weighted by molar-refractivity contribution is -0.0743. The Morgan fingerprint density at radius 3 is 2.42 bits per heavy atom. The lowest BCUT2D eigenvalue weighted by Gasteiger charge is -2.57. The monoisotopic (exact) mass is 357 g/mol. The number of amides is 2. The van der Waals surface area contributed by atoms with Crippen LogP contribution < -0.4 is 10.8 Å². The van der Waals surface area contributed by atoms with Gasteiger partial charge in [-0.2, -0.15) is 0 Å². The van der Waals surface area contributed by atoms with Crippen LogP contribution in [-0.2, 0) is 11.3 Å². The third-order valence-electron chi connectivity index (χ3n) is 6.74. The number of urea groups is 1. The number of nitrogens with one attached hydrogen (secondary N) is 2. The van der Waals surface area contributed by atoms with Crippen molar-refractivity contribution in [3.8, 4) is 0 Å². The number of hydrogen-bond donors (Lipinski definition) is 2. The summed E-state index contributed by atoms with van der Waals surface area (Å²) >= 11 is 0. The molecule has 1 aromatic rings. The fraction of sp³-hybridized carbons (Fsp3) is 0.714. The Morgan fingerprint density at radius 1 is 1.12 bits per heavy atom. The number of pyridine rings is 1. The van der Waals surface area contributed by atoms with Crippen LogP contribution in [0.2, 0.25) is 0 Å². The summed E-state index contributed by atoms with van der Waals surface area (Å²) < 4.78 is 0. The molecular formula is C21H31N3O2. The van der Waals surface area contributed by atoms with Gasteiger partial charge in [-0.1, -0.05) is 0 Å². The molecule has 142 valence electrons. The highest BCUT2D eigenvalue weighted by Crippen LogP contribution is 2.61. The minimum absolute atomic E-state index is 0.231. The number of hydrogen-bond acceptors (Lipinski definition) is 3. The van der Waals surface area contributed by atoms with Gasteiger partial charge in [0.2, 0.25) is 0 Å². The SMILES string of the molecule is O=C(NCCCc1ccncc1)NOCCC12CC3CC(CC(C3)C1)C2. The zero-order chi connectivity index (χ0) is 17.8. The average Bonchev–Trinajstić information content (AvgIpc) is 2.62. The zero-order valence-corrected chi connectivity index (χ0v) is 15.6. The third kappa shape index (κ3) is 4.37. The van der Waals surface area contributed by atoms with E-state index in [1.54, 1.807) is 12.4 Å². The number of carbonyl (C=O) groups is 1. The first-order valence-corrected chi connectivity index (χ1v) is 10.3. The van der Waals surface area contributed by atoms with Gasteiger partial charge in [0.1, 0.15) is 0 Å². The lowest BCUT2D eigenvalue weighted by atomic mass is 9.49. The summed E-state index contributed by atoms with van der Waals surface area (Å²) in [5, 5.41) is 2.86. The van der Waals surface area contributed by atoms with E-state index in [9.17, 15) is 4.79 Å². The molecule has 2 N–H and O–H groups in total. The van der Waals surface area contributed by atoms with Crippen molar-refractivity contribution in [2.45, 2.75) is 57.8 Å². The first kappa shape index (κ1) is 17.8. The predicted molar refractivity (Wildman–Crippen MR) is 100 cm³/mol.